The van der Waals surface area contributed by atoms with E-state index in [4.69, 9.17) is 27.9 Å². The zero-order valence-corrected chi connectivity index (χ0v) is 20.4. The molecular weight excluding hydrogens is 498 g/mol. The molecule has 0 saturated carbocycles. The van der Waals surface area contributed by atoms with Crippen LogP contribution in [0.5, 0.6) is 5.75 Å². The van der Waals surface area contributed by atoms with E-state index in [1.54, 1.807) is 30.3 Å². The van der Waals surface area contributed by atoms with E-state index in [9.17, 15) is 9.18 Å². The van der Waals surface area contributed by atoms with Crippen LogP contribution in [0.4, 0.5) is 10.1 Å². The Bertz CT molecular complexity index is 1460. The van der Waals surface area contributed by atoms with E-state index < -0.39 is 0 Å². The van der Waals surface area contributed by atoms with Crippen molar-refractivity contribution in [2.24, 2.45) is 5.10 Å². The molecule has 4 aromatic carbocycles. The zero-order valence-electron chi connectivity index (χ0n) is 18.9. The first-order chi connectivity index (χ1) is 17.5. The molecule has 0 saturated heterocycles. The number of rotatable bonds is 6. The molecule has 1 heterocycles. The van der Waals surface area contributed by atoms with Gasteiger partial charge in [-0.15, -0.1) is 0 Å². The lowest BCUT2D eigenvalue weighted by Gasteiger charge is -2.12. The molecule has 0 spiro atoms. The molecular formula is C29H19Cl2FN2O2. The molecule has 0 aromatic heterocycles. The van der Waals surface area contributed by atoms with Crippen LogP contribution in [-0.4, -0.2) is 11.6 Å². The van der Waals surface area contributed by atoms with Gasteiger partial charge < -0.3 is 4.74 Å². The van der Waals surface area contributed by atoms with Gasteiger partial charge in [0.15, 0.2) is 5.75 Å². The van der Waals surface area contributed by atoms with Gasteiger partial charge in [0.1, 0.15) is 18.1 Å². The van der Waals surface area contributed by atoms with Crippen molar-refractivity contribution < 1.29 is 13.9 Å². The maximum absolute atomic E-state index is 13.5. The highest BCUT2D eigenvalue weighted by Gasteiger charge is 2.32. The lowest BCUT2D eigenvalue weighted by Crippen LogP contribution is -2.21. The highest BCUT2D eigenvalue weighted by Crippen LogP contribution is 2.36. The standard InChI is InChI=1S/C29H19Cl2FN2O2/c30-25-16-20(17-26(31)28(25)36-18-19-8-7-11-22(32)14-19)15-24-27(21-9-3-1-4-10-21)33-34(29(24)35)23-12-5-2-6-13-23/h1-17H,18H2/b24-15-. The Hall–Kier alpha value is -3.93. The number of ether oxygens (including phenoxy) is 1. The quantitative estimate of drug-likeness (QED) is 0.248. The number of anilines is 1. The fourth-order valence-corrected chi connectivity index (χ4v) is 4.46. The van der Waals surface area contributed by atoms with Crippen LogP contribution in [0, 0.1) is 5.82 Å². The van der Waals surface area contributed by atoms with Gasteiger partial charge >= 0.3 is 0 Å². The molecule has 4 nitrogen and oxygen atoms in total. The molecule has 0 bridgehead atoms. The van der Waals surface area contributed by atoms with Gasteiger partial charge in [0.25, 0.3) is 5.91 Å². The number of hydrazone groups is 1. The second kappa shape index (κ2) is 10.4. The fourth-order valence-electron chi connectivity index (χ4n) is 3.85. The maximum atomic E-state index is 13.5. The van der Waals surface area contributed by atoms with Crippen molar-refractivity contribution >= 4 is 46.6 Å². The molecule has 1 aliphatic heterocycles. The van der Waals surface area contributed by atoms with Crippen LogP contribution in [0.25, 0.3) is 6.08 Å². The summed E-state index contributed by atoms with van der Waals surface area (Å²) in [7, 11) is 0. The van der Waals surface area contributed by atoms with Gasteiger partial charge in [-0.1, -0.05) is 83.9 Å². The van der Waals surface area contributed by atoms with E-state index in [1.807, 2.05) is 60.7 Å². The van der Waals surface area contributed by atoms with Crippen molar-refractivity contribution in [1.29, 1.82) is 0 Å². The summed E-state index contributed by atoms with van der Waals surface area (Å²) in [6, 6.07) is 28.2. The van der Waals surface area contributed by atoms with Crippen molar-refractivity contribution in [1.82, 2.24) is 0 Å². The second-order valence-electron chi connectivity index (χ2n) is 8.06. The van der Waals surface area contributed by atoms with E-state index >= 15 is 0 Å². The van der Waals surface area contributed by atoms with Crippen LogP contribution >= 0.6 is 23.2 Å². The smallest absolute Gasteiger partial charge is 0.281 e. The topological polar surface area (TPSA) is 41.9 Å². The van der Waals surface area contributed by atoms with Crippen molar-refractivity contribution in [3.05, 3.63) is 135 Å². The summed E-state index contributed by atoms with van der Waals surface area (Å²) >= 11 is 13.0. The minimum Gasteiger partial charge on any atom is -0.486 e. The predicted molar refractivity (Wildman–Crippen MR) is 142 cm³/mol. The number of para-hydroxylation sites is 1. The Morgan fingerprint density at radius 2 is 1.53 bits per heavy atom. The lowest BCUT2D eigenvalue weighted by atomic mass is 10.00. The van der Waals surface area contributed by atoms with E-state index in [0.717, 1.165) is 5.56 Å². The van der Waals surface area contributed by atoms with Crippen molar-refractivity contribution in [3.63, 3.8) is 0 Å². The van der Waals surface area contributed by atoms with Crippen LogP contribution in [0.1, 0.15) is 16.7 Å². The molecule has 0 atom stereocenters. The van der Waals surface area contributed by atoms with Gasteiger partial charge in [0.05, 0.1) is 21.3 Å². The lowest BCUT2D eigenvalue weighted by molar-refractivity contribution is -0.114. The summed E-state index contributed by atoms with van der Waals surface area (Å²) in [5, 5.41) is 6.56. The van der Waals surface area contributed by atoms with Gasteiger partial charge in [0, 0.05) is 5.56 Å². The third-order valence-electron chi connectivity index (χ3n) is 5.53. The van der Waals surface area contributed by atoms with Crippen LogP contribution in [0.3, 0.4) is 0 Å². The third kappa shape index (κ3) is 5.03. The molecule has 0 radical (unpaired) electrons. The first-order valence-electron chi connectivity index (χ1n) is 11.1. The Morgan fingerprint density at radius 1 is 0.861 bits per heavy atom. The summed E-state index contributed by atoms with van der Waals surface area (Å²) < 4.78 is 19.2. The first kappa shape index (κ1) is 23.8. The summed E-state index contributed by atoms with van der Waals surface area (Å²) in [5.41, 5.74) is 3.69. The van der Waals surface area contributed by atoms with Gasteiger partial charge in [-0.3, -0.25) is 4.79 Å². The number of carbonyl (C=O) groups is 1. The van der Waals surface area contributed by atoms with Crippen LogP contribution < -0.4 is 9.75 Å². The van der Waals surface area contributed by atoms with Gasteiger partial charge in [0.2, 0.25) is 0 Å². The Labute approximate surface area is 217 Å². The van der Waals surface area contributed by atoms with Gasteiger partial charge in [-0.25, -0.2) is 4.39 Å². The number of hydrogen-bond donors (Lipinski definition) is 0. The summed E-state index contributed by atoms with van der Waals surface area (Å²) in [5.74, 6) is -0.332. The normalized spacial score (nSPS) is 14.3. The SMILES string of the molecule is O=C1/C(=C\c2cc(Cl)c(OCc3cccc(F)c3)c(Cl)c2)C(c2ccccc2)=NN1c1ccccc1. The summed E-state index contributed by atoms with van der Waals surface area (Å²) in [6.07, 6.45) is 1.71. The summed E-state index contributed by atoms with van der Waals surface area (Å²) in [6.45, 7) is 0.104. The number of benzene rings is 4. The molecule has 4 aromatic rings. The van der Waals surface area contributed by atoms with E-state index in [0.29, 0.717) is 28.1 Å². The van der Waals surface area contributed by atoms with Crippen molar-refractivity contribution in [2.45, 2.75) is 6.61 Å². The molecule has 0 unspecified atom stereocenters. The Balaban J connectivity index is 1.48. The van der Waals surface area contributed by atoms with E-state index in [1.165, 1.54) is 17.1 Å². The molecule has 5 rings (SSSR count). The number of amides is 1. The molecule has 1 amide bonds. The molecule has 178 valence electrons. The monoisotopic (exact) mass is 516 g/mol. The molecule has 0 fully saturated rings. The largest absolute Gasteiger partial charge is 0.486 e. The third-order valence-corrected chi connectivity index (χ3v) is 6.09. The molecule has 0 aliphatic carbocycles. The molecule has 36 heavy (non-hydrogen) atoms. The number of nitrogens with zero attached hydrogens (tertiary/aromatic N) is 2. The molecule has 7 heteroatoms. The maximum Gasteiger partial charge on any atom is 0.281 e. The second-order valence-corrected chi connectivity index (χ2v) is 8.87. The minimum absolute atomic E-state index is 0.104. The highest BCUT2D eigenvalue weighted by atomic mass is 35.5. The number of hydrogen-bond acceptors (Lipinski definition) is 3. The molecule has 0 N–H and O–H groups in total. The van der Waals surface area contributed by atoms with E-state index in [-0.39, 0.29) is 34.1 Å². The van der Waals surface area contributed by atoms with Gasteiger partial charge in [-0.05, 0) is 53.6 Å². The zero-order chi connectivity index (χ0) is 25.1. The van der Waals surface area contributed by atoms with Crippen LogP contribution in [0.2, 0.25) is 10.0 Å². The van der Waals surface area contributed by atoms with Gasteiger partial charge in [-0.2, -0.15) is 10.1 Å². The average Bonchev–Trinajstić information content (AvgIpc) is 3.20. The fraction of sp³-hybridized carbons (Fsp3) is 0.0345. The average molecular weight is 517 g/mol. The highest BCUT2D eigenvalue weighted by molar-refractivity contribution is 6.39. The Kier molecular flexibility index (Phi) is 6.85. The number of halogens is 3. The van der Waals surface area contributed by atoms with Crippen LogP contribution in [0.15, 0.2) is 108 Å². The van der Waals surface area contributed by atoms with Crippen LogP contribution in [-0.2, 0) is 11.4 Å². The van der Waals surface area contributed by atoms with E-state index in [2.05, 4.69) is 5.10 Å². The first-order valence-corrected chi connectivity index (χ1v) is 11.9. The molecule has 1 aliphatic rings. The predicted octanol–water partition coefficient (Wildman–Crippen LogP) is 7.55. The van der Waals surface area contributed by atoms with Crippen molar-refractivity contribution in [3.8, 4) is 5.75 Å². The Morgan fingerprint density at radius 3 is 2.19 bits per heavy atom. The minimum atomic E-state index is -0.350. The van der Waals surface area contributed by atoms with Crippen molar-refractivity contribution in [2.75, 3.05) is 5.01 Å². The number of carbonyl (C=O) groups excluding carboxylic acids is 1. The summed E-state index contributed by atoms with van der Waals surface area (Å²) in [4.78, 5) is 13.4.